The van der Waals surface area contributed by atoms with Crippen LogP contribution in [0.15, 0.2) is 18.3 Å². The molecule has 6 nitrogen and oxygen atoms in total. The lowest BCUT2D eigenvalue weighted by Crippen LogP contribution is -2.30. The van der Waals surface area contributed by atoms with Gasteiger partial charge in [-0.15, -0.1) is 0 Å². The number of carbonyl (C=O) groups excluding carboxylic acids is 2. The van der Waals surface area contributed by atoms with Crippen molar-refractivity contribution in [1.29, 1.82) is 0 Å². The number of ether oxygens (including phenoxy) is 1. The molecule has 0 aromatic carbocycles. The second-order valence-corrected chi connectivity index (χ2v) is 5.85. The van der Waals surface area contributed by atoms with Gasteiger partial charge in [-0.3, -0.25) is 14.5 Å². The number of anilines is 2. The molecule has 1 aromatic rings. The molecule has 2 fully saturated rings. The van der Waals surface area contributed by atoms with Gasteiger partial charge in [0.2, 0.25) is 5.91 Å². The van der Waals surface area contributed by atoms with E-state index in [0.29, 0.717) is 12.4 Å². The molecule has 22 heavy (non-hydrogen) atoms. The van der Waals surface area contributed by atoms with Crippen LogP contribution in [-0.2, 0) is 14.3 Å². The summed E-state index contributed by atoms with van der Waals surface area (Å²) >= 11 is 0. The number of amides is 1. The van der Waals surface area contributed by atoms with Crippen molar-refractivity contribution in [2.24, 2.45) is 5.92 Å². The van der Waals surface area contributed by atoms with Gasteiger partial charge in [-0.1, -0.05) is 0 Å². The smallest absolute Gasteiger partial charge is 0.311 e. The van der Waals surface area contributed by atoms with E-state index in [4.69, 9.17) is 4.74 Å². The molecule has 1 atom stereocenters. The molecule has 0 spiro atoms. The van der Waals surface area contributed by atoms with E-state index in [1.807, 2.05) is 18.3 Å². The quantitative estimate of drug-likeness (QED) is 0.794. The second-order valence-electron chi connectivity index (χ2n) is 5.85. The Kier molecular flexibility index (Phi) is 4.27. The lowest BCUT2D eigenvalue weighted by Gasteiger charge is -2.28. The molecule has 0 aliphatic carbocycles. The molecular weight excluding hydrogens is 282 g/mol. The third-order valence-electron chi connectivity index (χ3n) is 4.39. The predicted octanol–water partition coefficient (Wildman–Crippen LogP) is 1.60. The van der Waals surface area contributed by atoms with Gasteiger partial charge >= 0.3 is 5.97 Å². The Hall–Kier alpha value is -2.11. The Balaban J connectivity index is 1.70. The highest BCUT2D eigenvalue weighted by Gasteiger charge is 2.36. The van der Waals surface area contributed by atoms with Crippen molar-refractivity contribution >= 4 is 23.4 Å². The van der Waals surface area contributed by atoms with Crippen molar-refractivity contribution in [3.05, 3.63) is 18.3 Å². The van der Waals surface area contributed by atoms with Crippen molar-refractivity contribution in [3.8, 4) is 0 Å². The highest BCUT2D eigenvalue weighted by atomic mass is 16.5. The minimum atomic E-state index is -0.388. The van der Waals surface area contributed by atoms with Gasteiger partial charge in [0.15, 0.2) is 0 Å². The highest BCUT2D eigenvalue weighted by Crippen LogP contribution is 2.26. The number of rotatable bonds is 3. The van der Waals surface area contributed by atoms with Gasteiger partial charge in [-0.25, -0.2) is 4.98 Å². The molecule has 0 saturated carbocycles. The first-order chi connectivity index (χ1) is 10.7. The van der Waals surface area contributed by atoms with Crippen molar-refractivity contribution in [1.82, 2.24) is 4.98 Å². The molecule has 2 aliphatic rings. The molecule has 1 unspecified atom stereocenters. The number of hydrogen-bond donors (Lipinski definition) is 0. The second kappa shape index (κ2) is 6.34. The molecule has 0 radical (unpaired) electrons. The van der Waals surface area contributed by atoms with Gasteiger partial charge < -0.3 is 9.64 Å². The van der Waals surface area contributed by atoms with E-state index in [2.05, 4.69) is 9.88 Å². The Bertz CT molecular complexity index is 552. The SMILES string of the molecule is COC(=O)C1CC(=O)N(c2ccc(N3CCCCC3)cn2)C1. The Labute approximate surface area is 130 Å². The van der Waals surface area contributed by atoms with Gasteiger partial charge in [-0.05, 0) is 31.4 Å². The number of carbonyl (C=O) groups is 2. The maximum absolute atomic E-state index is 12.1. The van der Waals surface area contributed by atoms with Crippen molar-refractivity contribution < 1.29 is 14.3 Å². The fourth-order valence-corrected chi connectivity index (χ4v) is 3.13. The molecule has 6 heteroatoms. The van der Waals surface area contributed by atoms with Crippen LogP contribution in [-0.4, -0.2) is 43.6 Å². The summed E-state index contributed by atoms with van der Waals surface area (Å²) in [7, 11) is 1.35. The van der Waals surface area contributed by atoms with E-state index in [1.165, 1.54) is 26.4 Å². The van der Waals surface area contributed by atoms with E-state index in [-0.39, 0.29) is 24.2 Å². The van der Waals surface area contributed by atoms with E-state index >= 15 is 0 Å². The number of nitrogens with zero attached hydrogens (tertiary/aromatic N) is 3. The van der Waals surface area contributed by atoms with Crippen LogP contribution in [0.4, 0.5) is 11.5 Å². The first kappa shape index (κ1) is 14.8. The van der Waals surface area contributed by atoms with E-state index in [9.17, 15) is 9.59 Å². The van der Waals surface area contributed by atoms with Crippen LogP contribution in [0.1, 0.15) is 25.7 Å². The fraction of sp³-hybridized carbons (Fsp3) is 0.562. The number of hydrogen-bond acceptors (Lipinski definition) is 5. The highest BCUT2D eigenvalue weighted by molar-refractivity contribution is 5.98. The van der Waals surface area contributed by atoms with Gasteiger partial charge in [0.1, 0.15) is 5.82 Å². The monoisotopic (exact) mass is 303 g/mol. The molecular formula is C16H21N3O3. The average molecular weight is 303 g/mol. The normalized spacial score (nSPS) is 22.0. The predicted molar refractivity (Wildman–Crippen MR) is 82.8 cm³/mol. The zero-order chi connectivity index (χ0) is 15.5. The maximum Gasteiger partial charge on any atom is 0.311 e. The number of piperidine rings is 1. The van der Waals surface area contributed by atoms with Crippen LogP contribution in [0.2, 0.25) is 0 Å². The minimum Gasteiger partial charge on any atom is -0.469 e. The molecule has 1 aromatic heterocycles. The summed E-state index contributed by atoms with van der Waals surface area (Å²) in [6.07, 6.45) is 5.74. The average Bonchev–Trinajstić information content (AvgIpc) is 2.97. The third-order valence-corrected chi connectivity index (χ3v) is 4.39. The first-order valence-electron chi connectivity index (χ1n) is 7.78. The maximum atomic E-state index is 12.1. The topological polar surface area (TPSA) is 62.7 Å². The van der Waals surface area contributed by atoms with Gasteiger partial charge in [0.05, 0.1) is 24.9 Å². The Morgan fingerprint density at radius 2 is 2.05 bits per heavy atom. The molecule has 3 rings (SSSR count). The molecule has 0 bridgehead atoms. The third kappa shape index (κ3) is 2.91. The summed E-state index contributed by atoms with van der Waals surface area (Å²) in [4.78, 5) is 31.9. The molecule has 1 amide bonds. The van der Waals surface area contributed by atoms with Crippen LogP contribution in [0, 0.1) is 5.92 Å². The standard InChI is InChI=1S/C16H21N3O3/c1-22-16(21)12-9-15(20)19(11-12)14-6-5-13(10-17-14)18-7-3-2-4-8-18/h5-6,10,12H,2-4,7-9,11H2,1H3. The van der Waals surface area contributed by atoms with Crippen LogP contribution in [0.5, 0.6) is 0 Å². The lowest BCUT2D eigenvalue weighted by molar-refractivity contribution is -0.145. The summed E-state index contributed by atoms with van der Waals surface area (Å²) in [5, 5.41) is 0. The van der Waals surface area contributed by atoms with Crippen molar-refractivity contribution in [2.45, 2.75) is 25.7 Å². The molecule has 2 aliphatic heterocycles. The number of pyridine rings is 1. The van der Waals surface area contributed by atoms with Crippen LogP contribution in [0.25, 0.3) is 0 Å². The number of methoxy groups -OCH3 is 1. The number of esters is 1. The largest absolute Gasteiger partial charge is 0.469 e. The summed E-state index contributed by atoms with van der Waals surface area (Å²) in [5.74, 6) is -0.187. The van der Waals surface area contributed by atoms with Crippen molar-refractivity contribution in [2.75, 3.05) is 36.5 Å². The zero-order valence-corrected chi connectivity index (χ0v) is 12.8. The van der Waals surface area contributed by atoms with Crippen molar-refractivity contribution in [3.63, 3.8) is 0 Å². The molecule has 118 valence electrons. The molecule has 3 heterocycles. The van der Waals surface area contributed by atoms with E-state index in [0.717, 1.165) is 18.8 Å². The van der Waals surface area contributed by atoms with Gasteiger partial charge in [0.25, 0.3) is 0 Å². The summed E-state index contributed by atoms with van der Waals surface area (Å²) < 4.78 is 4.72. The summed E-state index contributed by atoms with van der Waals surface area (Å²) in [6.45, 7) is 2.48. The molecule has 0 N–H and O–H groups in total. The van der Waals surface area contributed by atoms with E-state index < -0.39 is 0 Å². The van der Waals surface area contributed by atoms with Gasteiger partial charge in [-0.2, -0.15) is 0 Å². The minimum absolute atomic E-state index is 0.0753. The van der Waals surface area contributed by atoms with Crippen LogP contribution < -0.4 is 9.80 Å². The fourth-order valence-electron chi connectivity index (χ4n) is 3.13. The summed E-state index contributed by atoms with van der Waals surface area (Å²) in [5.41, 5.74) is 1.10. The Morgan fingerprint density at radius 1 is 1.27 bits per heavy atom. The molecule has 2 saturated heterocycles. The lowest BCUT2D eigenvalue weighted by atomic mass is 10.1. The summed E-state index contributed by atoms with van der Waals surface area (Å²) in [6, 6.07) is 3.87. The van der Waals surface area contributed by atoms with Crippen LogP contribution in [0.3, 0.4) is 0 Å². The Morgan fingerprint density at radius 3 is 2.68 bits per heavy atom. The first-order valence-corrected chi connectivity index (χ1v) is 7.78. The van der Waals surface area contributed by atoms with E-state index in [1.54, 1.807) is 4.90 Å². The van der Waals surface area contributed by atoms with Crippen LogP contribution >= 0.6 is 0 Å². The zero-order valence-electron chi connectivity index (χ0n) is 12.8. The number of aromatic nitrogens is 1. The van der Waals surface area contributed by atoms with Gasteiger partial charge in [0, 0.05) is 26.1 Å².